The van der Waals surface area contributed by atoms with Crippen LogP contribution in [-0.2, 0) is 9.53 Å². The molecule has 0 aliphatic rings. The number of esters is 1. The maximum atomic E-state index is 12.8. The van der Waals surface area contributed by atoms with E-state index < -0.39 is 11.6 Å². The van der Waals surface area contributed by atoms with Gasteiger partial charge in [0, 0.05) is 5.69 Å². The fourth-order valence-corrected chi connectivity index (χ4v) is 3.71. The average Bonchev–Trinajstić information content (AvgIpc) is 2.80. The van der Waals surface area contributed by atoms with Crippen molar-refractivity contribution in [1.29, 1.82) is 0 Å². The van der Waals surface area contributed by atoms with E-state index in [-0.39, 0.29) is 12.1 Å². The summed E-state index contributed by atoms with van der Waals surface area (Å²) in [7, 11) is 0. The first-order valence-electron chi connectivity index (χ1n) is 12.4. The molecule has 2 aromatic rings. The van der Waals surface area contributed by atoms with Gasteiger partial charge in [0.2, 0.25) is 0 Å². The van der Waals surface area contributed by atoms with Gasteiger partial charge < -0.3 is 20.1 Å². The van der Waals surface area contributed by atoms with E-state index in [1.54, 1.807) is 20.8 Å². The molecule has 0 saturated heterocycles. The number of carbonyl (C=O) groups is 2. The molecular weight excluding hydrogens is 428 g/mol. The van der Waals surface area contributed by atoms with E-state index in [0.29, 0.717) is 12.4 Å². The van der Waals surface area contributed by atoms with Gasteiger partial charge in [-0.05, 0) is 63.4 Å². The second kappa shape index (κ2) is 13.6. The summed E-state index contributed by atoms with van der Waals surface area (Å²) in [4.78, 5) is 24.9. The Bertz CT molecular complexity index is 909. The molecule has 0 radical (unpaired) electrons. The van der Waals surface area contributed by atoms with Gasteiger partial charge in [-0.15, -0.1) is 0 Å². The Kier molecular flexibility index (Phi) is 10.9. The molecule has 6 nitrogen and oxygen atoms in total. The highest BCUT2D eigenvalue weighted by molar-refractivity contribution is 5.90. The molecule has 2 aromatic carbocycles. The summed E-state index contributed by atoms with van der Waals surface area (Å²) < 4.78 is 11.0. The lowest BCUT2D eigenvalue weighted by Gasteiger charge is -2.25. The van der Waals surface area contributed by atoms with Gasteiger partial charge in [-0.2, -0.15) is 0 Å². The molecule has 2 N–H and O–H groups in total. The van der Waals surface area contributed by atoms with Gasteiger partial charge >= 0.3 is 12.0 Å². The third kappa shape index (κ3) is 8.73. The van der Waals surface area contributed by atoms with E-state index in [0.717, 1.165) is 36.1 Å². The Labute approximate surface area is 204 Å². The smallest absolute Gasteiger partial charge is 0.349 e. The lowest BCUT2D eigenvalue weighted by atomic mass is 9.99. The number of urea groups is 1. The molecule has 6 heteroatoms. The minimum absolute atomic E-state index is 0.127. The highest BCUT2D eigenvalue weighted by atomic mass is 16.6. The fourth-order valence-electron chi connectivity index (χ4n) is 3.71. The molecule has 0 bridgehead atoms. The highest BCUT2D eigenvalue weighted by Crippen LogP contribution is 2.26. The van der Waals surface area contributed by atoms with E-state index in [2.05, 4.69) is 17.6 Å². The number of carbonyl (C=O) groups excluding carboxylic acids is 2. The maximum Gasteiger partial charge on any atom is 0.349 e. The summed E-state index contributed by atoms with van der Waals surface area (Å²) in [6.45, 7) is 9.63. The van der Waals surface area contributed by atoms with Crippen molar-refractivity contribution in [3.05, 3.63) is 59.7 Å². The Morgan fingerprint density at radius 1 is 0.941 bits per heavy atom. The second-order valence-corrected chi connectivity index (χ2v) is 9.07. The Morgan fingerprint density at radius 3 is 2.26 bits per heavy atom. The number of para-hydroxylation sites is 1. The minimum atomic E-state index is -1.08. The Morgan fingerprint density at radius 2 is 1.62 bits per heavy atom. The van der Waals surface area contributed by atoms with Crippen LogP contribution in [0.15, 0.2) is 48.5 Å². The van der Waals surface area contributed by atoms with Crippen molar-refractivity contribution < 1.29 is 19.1 Å². The number of benzene rings is 2. The van der Waals surface area contributed by atoms with Gasteiger partial charge in [-0.25, -0.2) is 9.59 Å². The number of rotatable bonds is 13. The third-order valence-corrected chi connectivity index (χ3v) is 5.72. The molecule has 2 rings (SSSR count). The van der Waals surface area contributed by atoms with Crippen molar-refractivity contribution in [3.8, 4) is 5.75 Å². The zero-order chi connectivity index (χ0) is 25.0. The number of hydrogen-bond donors (Lipinski definition) is 2. The van der Waals surface area contributed by atoms with Crippen LogP contribution in [0.25, 0.3) is 0 Å². The first kappa shape index (κ1) is 27.2. The third-order valence-electron chi connectivity index (χ3n) is 5.72. The molecule has 1 unspecified atom stereocenters. The predicted octanol–water partition coefficient (Wildman–Crippen LogP) is 6.94. The summed E-state index contributed by atoms with van der Waals surface area (Å²) in [5.41, 5.74) is 1.73. The molecule has 34 heavy (non-hydrogen) atoms. The van der Waals surface area contributed by atoms with Crippen molar-refractivity contribution in [3.63, 3.8) is 0 Å². The summed E-state index contributed by atoms with van der Waals surface area (Å²) in [6, 6.07) is 14.9. The molecule has 0 heterocycles. The molecule has 0 saturated carbocycles. The van der Waals surface area contributed by atoms with Gasteiger partial charge in [-0.3, -0.25) is 0 Å². The topological polar surface area (TPSA) is 76.7 Å². The fraction of sp³-hybridized carbons (Fsp3) is 0.500. The van der Waals surface area contributed by atoms with E-state index in [4.69, 9.17) is 9.47 Å². The monoisotopic (exact) mass is 468 g/mol. The first-order valence-corrected chi connectivity index (χ1v) is 12.4. The lowest BCUT2D eigenvalue weighted by Crippen LogP contribution is -2.39. The lowest BCUT2D eigenvalue weighted by molar-refractivity contribution is -0.158. The molecule has 2 amide bonds. The number of anilines is 1. The molecule has 186 valence electrons. The van der Waals surface area contributed by atoms with Gasteiger partial charge in [0.1, 0.15) is 5.75 Å². The zero-order valence-electron chi connectivity index (χ0n) is 21.3. The van der Waals surface area contributed by atoms with Crippen LogP contribution in [0.5, 0.6) is 5.75 Å². The molecule has 0 spiro atoms. The van der Waals surface area contributed by atoms with E-state index in [9.17, 15) is 9.59 Å². The highest BCUT2D eigenvalue weighted by Gasteiger charge is 2.31. The van der Waals surface area contributed by atoms with Crippen molar-refractivity contribution in [2.45, 2.75) is 84.8 Å². The predicted molar refractivity (Wildman–Crippen MR) is 137 cm³/mol. The van der Waals surface area contributed by atoms with Gasteiger partial charge in [0.25, 0.3) is 0 Å². The van der Waals surface area contributed by atoms with Crippen LogP contribution in [0.1, 0.15) is 83.4 Å². The first-order chi connectivity index (χ1) is 16.3. The number of ether oxygens (including phenoxy) is 2. The number of aryl methyl sites for hydroxylation is 1. The zero-order valence-corrected chi connectivity index (χ0v) is 21.3. The summed E-state index contributed by atoms with van der Waals surface area (Å²) >= 11 is 0. The SMILES string of the molecule is CCCCCCCC(NC(=O)Nc1ccccc1C)c1ccc(OC(C)(C)C(=O)OCC)cc1. The summed E-state index contributed by atoms with van der Waals surface area (Å²) in [5.74, 6) is 0.173. The van der Waals surface area contributed by atoms with Crippen molar-refractivity contribution in [1.82, 2.24) is 5.32 Å². The van der Waals surface area contributed by atoms with Gasteiger partial charge in [0.05, 0.1) is 12.6 Å². The normalized spacial score (nSPS) is 12.0. The van der Waals surface area contributed by atoms with E-state index in [1.165, 1.54) is 19.3 Å². The summed E-state index contributed by atoms with van der Waals surface area (Å²) in [5, 5.41) is 6.10. The number of nitrogens with one attached hydrogen (secondary N) is 2. The average molecular weight is 469 g/mol. The van der Waals surface area contributed by atoms with Gasteiger partial charge in [-0.1, -0.05) is 69.4 Å². The maximum absolute atomic E-state index is 12.8. The van der Waals surface area contributed by atoms with Crippen LogP contribution in [0.4, 0.5) is 10.5 Å². The summed E-state index contributed by atoms with van der Waals surface area (Å²) in [6.07, 6.45) is 6.65. The van der Waals surface area contributed by atoms with E-state index in [1.807, 2.05) is 55.5 Å². The van der Waals surface area contributed by atoms with Crippen LogP contribution < -0.4 is 15.4 Å². The Hall–Kier alpha value is -3.02. The largest absolute Gasteiger partial charge is 0.476 e. The van der Waals surface area contributed by atoms with Crippen LogP contribution in [0, 0.1) is 6.92 Å². The van der Waals surface area contributed by atoms with Crippen LogP contribution in [0.3, 0.4) is 0 Å². The Balaban J connectivity index is 2.09. The standard InChI is InChI=1S/C28H40N2O4/c1-6-8-9-10-11-16-25(30-27(32)29-24-15-13-12-14-21(24)3)22-17-19-23(20-18-22)34-28(4,5)26(31)33-7-2/h12-15,17-20,25H,6-11,16H2,1-5H3,(H2,29,30,32). The van der Waals surface area contributed by atoms with Crippen molar-refractivity contribution >= 4 is 17.7 Å². The molecular formula is C28H40N2O4. The molecule has 0 aliphatic carbocycles. The van der Waals surface area contributed by atoms with Crippen LogP contribution in [-0.4, -0.2) is 24.2 Å². The molecule has 0 aromatic heterocycles. The minimum Gasteiger partial charge on any atom is -0.476 e. The van der Waals surface area contributed by atoms with E-state index >= 15 is 0 Å². The number of amides is 2. The molecule has 0 fully saturated rings. The molecule has 1 atom stereocenters. The van der Waals surface area contributed by atoms with Crippen molar-refractivity contribution in [2.75, 3.05) is 11.9 Å². The van der Waals surface area contributed by atoms with Gasteiger partial charge in [0.15, 0.2) is 5.60 Å². The van der Waals surface area contributed by atoms with Crippen LogP contribution >= 0.6 is 0 Å². The second-order valence-electron chi connectivity index (χ2n) is 9.07. The van der Waals surface area contributed by atoms with Crippen molar-refractivity contribution in [2.24, 2.45) is 0 Å². The quantitative estimate of drug-likeness (QED) is 0.247. The van der Waals surface area contributed by atoms with Crippen LogP contribution in [0.2, 0.25) is 0 Å². The number of hydrogen-bond acceptors (Lipinski definition) is 4. The molecule has 0 aliphatic heterocycles. The number of unbranched alkanes of at least 4 members (excludes halogenated alkanes) is 4.